The van der Waals surface area contributed by atoms with Gasteiger partial charge >= 0.3 is 0 Å². The molecule has 1 saturated heterocycles. The Hall–Kier alpha value is -2.27. The molecule has 1 fully saturated rings. The van der Waals surface area contributed by atoms with Gasteiger partial charge in [0.25, 0.3) is 0 Å². The molecule has 1 aliphatic rings. The molecule has 0 saturated carbocycles. The van der Waals surface area contributed by atoms with Crippen molar-refractivity contribution >= 4 is 57.3 Å². The predicted molar refractivity (Wildman–Crippen MR) is 163 cm³/mol. The van der Waals surface area contributed by atoms with E-state index in [9.17, 15) is 9.59 Å². The lowest BCUT2D eigenvalue weighted by molar-refractivity contribution is -0.127. The lowest BCUT2D eigenvalue weighted by atomic mass is 9.81. The number of hydrogen-bond acceptors (Lipinski definition) is 4. The summed E-state index contributed by atoms with van der Waals surface area (Å²) >= 11 is 12.4. The van der Waals surface area contributed by atoms with Crippen molar-refractivity contribution in [2.24, 2.45) is 11.8 Å². The number of anilines is 1. The van der Waals surface area contributed by atoms with Crippen LogP contribution in [0.25, 0.3) is 0 Å². The Morgan fingerprint density at radius 3 is 1.31 bits per heavy atom. The quantitative estimate of drug-likeness (QED) is 0.183. The van der Waals surface area contributed by atoms with Crippen molar-refractivity contribution in [3.63, 3.8) is 0 Å². The summed E-state index contributed by atoms with van der Waals surface area (Å²) in [6.45, 7) is 12.5. The molecule has 0 aromatic heterocycles. The number of halogens is 2. The van der Waals surface area contributed by atoms with E-state index in [1.54, 1.807) is 36.4 Å². The van der Waals surface area contributed by atoms with Gasteiger partial charge in [-0.1, -0.05) is 65.7 Å². The van der Waals surface area contributed by atoms with Crippen LogP contribution in [-0.2, 0) is 18.4 Å². The second kappa shape index (κ2) is 11.7. The summed E-state index contributed by atoms with van der Waals surface area (Å²) in [5, 5.41) is 1.17. The first-order valence-electron chi connectivity index (χ1n) is 13.0. The van der Waals surface area contributed by atoms with Crippen molar-refractivity contribution < 1.29 is 18.4 Å². The van der Waals surface area contributed by atoms with Crippen LogP contribution in [0.15, 0.2) is 78.9 Å². The predicted octanol–water partition coefficient (Wildman–Crippen LogP) is 8.28. The highest BCUT2D eigenvalue weighted by Gasteiger charge is 2.56. The zero-order chi connectivity index (χ0) is 28.5. The van der Waals surface area contributed by atoms with Gasteiger partial charge in [0.05, 0.1) is 29.7 Å². The lowest BCUT2D eigenvalue weighted by Crippen LogP contribution is -2.40. The minimum atomic E-state index is -2.20. The topological polar surface area (TPSA) is 55.8 Å². The highest BCUT2D eigenvalue weighted by molar-refractivity contribution is 6.70. The largest absolute Gasteiger partial charge is 0.410 e. The van der Waals surface area contributed by atoms with E-state index >= 15 is 0 Å². The molecular formula is C30H35Cl2NO4Si2. The smallest absolute Gasteiger partial charge is 0.240 e. The number of hydrogen-bond donors (Lipinski definition) is 0. The molecule has 4 rings (SSSR count). The molecule has 1 aliphatic heterocycles. The first-order chi connectivity index (χ1) is 18.2. The van der Waals surface area contributed by atoms with Gasteiger partial charge in [0.2, 0.25) is 11.8 Å². The second-order valence-corrected chi connectivity index (χ2v) is 21.6. The maximum absolute atomic E-state index is 14.4. The summed E-state index contributed by atoms with van der Waals surface area (Å²) in [6.07, 6.45) is -1.33. The normalized spacial score (nSPS) is 19.8. The maximum atomic E-state index is 14.4. The van der Waals surface area contributed by atoms with E-state index in [0.29, 0.717) is 15.7 Å². The van der Waals surface area contributed by atoms with Crippen LogP contribution in [0.1, 0.15) is 23.3 Å². The zero-order valence-corrected chi connectivity index (χ0v) is 26.7. The number of benzene rings is 3. The van der Waals surface area contributed by atoms with Gasteiger partial charge in [0.1, 0.15) is 0 Å². The lowest BCUT2D eigenvalue weighted by Gasteiger charge is -2.36. The van der Waals surface area contributed by atoms with Crippen LogP contribution in [0.2, 0.25) is 49.3 Å². The molecular weight excluding hydrogens is 565 g/mol. The Kier molecular flexibility index (Phi) is 8.90. The van der Waals surface area contributed by atoms with Gasteiger partial charge in [-0.3, -0.25) is 9.59 Å². The van der Waals surface area contributed by atoms with Crippen LogP contribution in [0, 0.1) is 11.8 Å². The van der Waals surface area contributed by atoms with Crippen LogP contribution in [0.4, 0.5) is 5.69 Å². The van der Waals surface area contributed by atoms with E-state index in [2.05, 4.69) is 39.3 Å². The van der Waals surface area contributed by atoms with E-state index in [1.807, 2.05) is 42.5 Å². The Morgan fingerprint density at radius 2 is 0.974 bits per heavy atom. The van der Waals surface area contributed by atoms with E-state index in [0.717, 1.165) is 11.1 Å². The number of nitrogens with zero attached hydrogens (tertiary/aromatic N) is 1. The summed E-state index contributed by atoms with van der Waals surface area (Å²) in [7, 11) is -4.40. The number of carbonyl (C=O) groups excluding carboxylic acids is 2. The molecule has 4 unspecified atom stereocenters. The van der Waals surface area contributed by atoms with Gasteiger partial charge in [-0.05, 0) is 86.8 Å². The van der Waals surface area contributed by atoms with Gasteiger partial charge in [-0.15, -0.1) is 0 Å². The van der Waals surface area contributed by atoms with Crippen LogP contribution in [-0.4, -0.2) is 28.4 Å². The van der Waals surface area contributed by atoms with Crippen molar-refractivity contribution in [2.45, 2.75) is 51.5 Å². The SMILES string of the molecule is C[Si](C)(C)OC(c1ccc(Cl)cc1)C1C(=O)N(c2ccccc2)C(=O)C1C(O[Si](C)(C)C)c1ccc(Cl)cc1. The van der Waals surface area contributed by atoms with Crippen LogP contribution in [0.3, 0.4) is 0 Å². The van der Waals surface area contributed by atoms with Crippen LogP contribution in [0.5, 0.6) is 0 Å². The third-order valence-corrected chi connectivity index (χ3v) is 8.85. The first-order valence-corrected chi connectivity index (χ1v) is 20.6. The highest BCUT2D eigenvalue weighted by atomic mass is 35.5. The monoisotopic (exact) mass is 599 g/mol. The van der Waals surface area contributed by atoms with Gasteiger partial charge < -0.3 is 8.85 Å². The molecule has 4 atom stereocenters. The maximum Gasteiger partial charge on any atom is 0.240 e. The van der Waals surface area contributed by atoms with Gasteiger partial charge in [0.15, 0.2) is 16.6 Å². The van der Waals surface area contributed by atoms with Gasteiger partial charge in [-0.2, -0.15) is 0 Å². The first kappa shape index (κ1) is 29.7. The fourth-order valence-corrected chi connectivity index (χ4v) is 7.29. The molecule has 0 spiro atoms. The minimum absolute atomic E-state index is 0.299. The number of amides is 2. The molecule has 0 aliphatic carbocycles. The molecule has 0 bridgehead atoms. The average molecular weight is 601 g/mol. The number of imide groups is 1. The Morgan fingerprint density at radius 1 is 0.615 bits per heavy atom. The molecule has 3 aromatic carbocycles. The Balaban J connectivity index is 1.93. The van der Waals surface area contributed by atoms with Crippen molar-refractivity contribution in [3.05, 3.63) is 100 Å². The number of para-hydroxylation sites is 1. The number of rotatable bonds is 9. The van der Waals surface area contributed by atoms with E-state index in [4.69, 9.17) is 32.1 Å². The van der Waals surface area contributed by atoms with Crippen molar-refractivity contribution in [1.82, 2.24) is 0 Å². The van der Waals surface area contributed by atoms with Crippen LogP contribution < -0.4 is 4.90 Å². The van der Waals surface area contributed by atoms with E-state index in [-0.39, 0.29) is 11.8 Å². The summed E-state index contributed by atoms with van der Waals surface area (Å²) < 4.78 is 13.5. The second-order valence-electron chi connectivity index (χ2n) is 11.8. The standard InChI is InChI=1S/C30H35Cl2NO4Si2/c1-38(2,3)36-27(20-12-16-22(31)17-13-20)25-26(30(35)33(29(25)34)24-10-8-7-9-11-24)28(37-39(4,5)6)21-14-18-23(32)19-15-21/h7-19,25-28H,1-6H3. The third-order valence-electron chi connectivity index (χ3n) is 6.42. The highest BCUT2D eigenvalue weighted by Crippen LogP contribution is 2.48. The molecule has 5 nitrogen and oxygen atoms in total. The van der Waals surface area contributed by atoms with Crippen molar-refractivity contribution in [3.8, 4) is 0 Å². The summed E-state index contributed by atoms with van der Waals surface area (Å²) in [6, 6.07) is 23.7. The van der Waals surface area contributed by atoms with Crippen molar-refractivity contribution in [1.29, 1.82) is 0 Å². The molecule has 39 heavy (non-hydrogen) atoms. The van der Waals surface area contributed by atoms with E-state index < -0.39 is 40.7 Å². The molecule has 9 heteroatoms. The Bertz CT molecular complexity index is 1220. The van der Waals surface area contributed by atoms with Crippen LogP contribution >= 0.6 is 23.2 Å². The molecule has 3 aromatic rings. The third kappa shape index (κ3) is 7.09. The minimum Gasteiger partial charge on any atom is -0.410 e. The molecule has 0 N–H and O–H groups in total. The van der Waals surface area contributed by atoms with E-state index in [1.165, 1.54) is 4.90 Å². The fourth-order valence-electron chi connectivity index (χ4n) is 4.95. The van der Waals surface area contributed by atoms with Gasteiger partial charge in [-0.25, -0.2) is 4.90 Å². The molecule has 2 amide bonds. The molecule has 0 radical (unpaired) electrons. The average Bonchev–Trinajstić information content (AvgIpc) is 3.11. The Labute approximate surface area is 243 Å². The molecule has 1 heterocycles. The fraction of sp³-hybridized carbons (Fsp3) is 0.333. The summed E-state index contributed by atoms with van der Waals surface area (Å²) in [5.41, 5.74) is 2.14. The number of carbonyl (C=O) groups is 2. The van der Waals surface area contributed by atoms with Gasteiger partial charge in [0, 0.05) is 10.0 Å². The summed E-state index contributed by atoms with van der Waals surface area (Å²) in [4.78, 5) is 30.1. The molecule has 206 valence electrons. The van der Waals surface area contributed by atoms with Crippen molar-refractivity contribution in [2.75, 3.05) is 4.90 Å². The zero-order valence-electron chi connectivity index (χ0n) is 23.2. The summed E-state index contributed by atoms with van der Waals surface area (Å²) in [5.74, 6) is -2.23.